The van der Waals surface area contributed by atoms with Crippen LogP contribution in [0.4, 0.5) is 0 Å². The van der Waals surface area contributed by atoms with Gasteiger partial charge in [0.15, 0.2) is 0 Å². The number of thiophene rings is 1. The molecule has 1 aliphatic rings. The number of amides is 1. The Hall–Kier alpha value is -1.62. The number of rotatable bonds is 4. The summed E-state index contributed by atoms with van der Waals surface area (Å²) in [6.45, 7) is 0.631. The number of carbonyl (C=O) groups is 1. The Bertz CT molecular complexity index is 606. The van der Waals surface area contributed by atoms with Gasteiger partial charge in [0.2, 0.25) is 0 Å². The molecule has 2 aromatic rings. The minimum atomic E-state index is 0.0577. The first-order chi connectivity index (χ1) is 10.2. The normalized spacial score (nSPS) is 14.5. The zero-order valence-corrected chi connectivity index (χ0v) is 13.2. The molecule has 3 rings (SSSR count). The van der Waals surface area contributed by atoms with Crippen LogP contribution in [0.3, 0.4) is 0 Å². The molecular weight excluding hydrogens is 282 g/mol. The third-order valence-corrected chi connectivity index (χ3v) is 5.26. The molecule has 0 bridgehead atoms. The highest BCUT2D eigenvalue weighted by Gasteiger charge is 2.16. The molecule has 1 aliphatic carbocycles. The topological polar surface area (TPSA) is 46.9 Å². The Kier molecular flexibility index (Phi) is 4.39. The smallest absolute Gasteiger partial charge is 0.261 e. The van der Waals surface area contributed by atoms with Crippen LogP contribution in [0, 0.1) is 0 Å². The van der Waals surface area contributed by atoms with Crippen molar-refractivity contribution in [3.05, 3.63) is 39.6 Å². The van der Waals surface area contributed by atoms with Gasteiger partial charge in [0, 0.05) is 37.3 Å². The van der Waals surface area contributed by atoms with Crippen LogP contribution >= 0.6 is 11.3 Å². The van der Waals surface area contributed by atoms with Crippen LogP contribution in [-0.2, 0) is 26.3 Å². The monoisotopic (exact) mass is 303 g/mol. The summed E-state index contributed by atoms with van der Waals surface area (Å²) in [4.78, 5) is 18.8. The largest absolute Gasteiger partial charge is 0.351 e. The zero-order valence-electron chi connectivity index (χ0n) is 12.4. The Balaban J connectivity index is 1.57. The summed E-state index contributed by atoms with van der Waals surface area (Å²) in [5, 5.41) is 3.01. The molecular formula is C16H21N3OS. The van der Waals surface area contributed by atoms with E-state index in [9.17, 15) is 4.79 Å². The number of aryl methyl sites for hydroxylation is 3. The van der Waals surface area contributed by atoms with Crippen molar-refractivity contribution in [2.45, 2.75) is 38.5 Å². The quantitative estimate of drug-likeness (QED) is 0.883. The van der Waals surface area contributed by atoms with E-state index in [1.807, 2.05) is 17.8 Å². The molecule has 5 heteroatoms. The van der Waals surface area contributed by atoms with Crippen LogP contribution < -0.4 is 5.32 Å². The number of nitrogens with zero attached hydrogens (tertiary/aromatic N) is 2. The first-order valence-corrected chi connectivity index (χ1v) is 8.41. The molecule has 0 saturated heterocycles. The first kappa shape index (κ1) is 14.3. The van der Waals surface area contributed by atoms with E-state index < -0.39 is 0 Å². The second kappa shape index (κ2) is 6.43. The number of imidazole rings is 1. The molecule has 2 heterocycles. The van der Waals surface area contributed by atoms with Crippen molar-refractivity contribution in [1.29, 1.82) is 0 Å². The summed E-state index contributed by atoms with van der Waals surface area (Å²) in [7, 11) is 1.97. The maximum absolute atomic E-state index is 12.2. The minimum Gasteiger partial charge on any atom is -0.351 e. The molecule has 0 aromatic carbocycles. The van der Waals surface area contributed by atoms with Gasteiger partial charge in [-0.3, -0.25) is 4.79 Å². The lowest BCUT2D eigenvalue weighted by molar-refractivity contribution is 0.0958. The van der Waals surface area contributed by atoms with Crippen LogP contribution in [0.5, 0.6) is 0 Å². The fourth-order valence-electron chi connectivity index (χ4n) is 2.79. The maximum atomic E-state index is 12.2. The van der Waals surface area contributed by atoms with Gasteiger partial charge in [-0.25, -0.2) is 4.98 Å². The van der Waals surface area contributed by atoms with Gasteiger partial charge < -0.3 is 9.88 Å². The van der Waals surface area contributed by atoms with Crippen LogP contribution in [0.2, 0.25) is 0 Å². The van der Waals surface area contributed by atoms with Gasteiger partial charge in [-0.1, -0.05) is 6.42 Å². The number of fused-ring (bicyclic) bond motifs is 1. The molecule has 0 aliphatic heterocycles. The number of nitrogens with one attached hydrogen (secondary N) is 1. The standard InChI is InChI=1S/C16H21N3OS/c1-19-10-9-17-15(19)7-8-18-16(20)14-11-12-5-3-2-4-6-13(12)21-14/h9-11H,2-8H2,1H3,(H,18,20). The molecule has 4 nitrogen and oxygen atoms in total. The zero-order chi connectivity index (χ0) is 14.7. The number of hydrogen-bond donors (Lipinski definition) is 1. The highest BCUT2D eigenvalue weighted by Crippen LogP contribution is 2.28. The predicted octanol–water partition coefficient (Wildman–Crippen LogP) is 2.72. The lowest BCUT2D eigenvalue weighted by Gasteiger charge is -2.04. The van der Waals surface area contributed by atoms with Crippen LogP contribution in [0.15, 0.2) is 18.5 Å². The van der Waals surface area contributed by atoms with E-state index in [-0.39, 0.29) is 5.91 Å². The maximum Gasteiger partial charge on any atom is 0.261 e. The van der Waals surface area contributed by atoms with Gasteiger partial charge in [0.05, 0.1) is 4.88 Å². The highest BCUT2D eigenvalue weighted by atomic mass is 32.1. The summed E-state index contributed by atoms with van der Waals surface area (Å²) < 4.78 is 1.99. The van der Waals surface area contributed by atoms with E-state index in [0.717, 1.165) is 30.0 Å². The lowest BCUT2D eigenvalue weighted by Crippen LogP contribution is -2.25. The minimum absolute atomic E-state index is 0.0577. The molecule has 2 aromatic heterocycles. The Morgan fingerprint density at radius 2 is 2.24 bits per heavy atom. The Morgan fingerprint density at radius 3 is 3.05 bits per heavy atom. The second-order valence-corrected chi connectivity index (χ2v) is 6.72. The summed E-state index contributed by atoms with van der Waals surface area (Å²) in [6.07, 6.45) is 10.6. The van der Waals surface area contributed by atoms with Crippen molar-refractivity contribution >= 4 is 17.2 Å². The number of carbonyl (C=O) groups excluding carboxylic acids is 1. The van der Waals surface area contributed by atoms with E-state index in [1.54, 1.807) is 17.5 Å². The van der Waals surface area contributed by atoms with Gasteiger partial charge in [-0.15, -0.1) is 11.3 Å². The summed E-state index contributed by atoms with van der Waals surface area (Å²) >= 11 is 1.67. The molecule has 1 amide bonds. The van der Waals surface area contributed by atoms with Crippen LogP contribution in [-0.4, -0.2) is 22.0 Å². The number of aromatic nitrogens is 2. The molecule has 1 N–H and O–H groups in total. The summed E-state index contributed by atoms with van der Waals surface area (Å²) in [6, 6.07) is 2.10. The third kappa shape index (κ3) is 3.35. The average molecular weight is 303 g/mol. The molecule has 0 spiro atoms. The van der Waals surface area contributed by atoms with Crippen molar-refractivity contribution in [2.24, 2.45) is 7.05 Å². The number of hydrogen-bond acceptors (Lipinski definition) is 3. The first-order valence-electron chi connectivity index (χ1n) is 7.60. The van der Waals surface area contributed by atoms with E-state index in [4.69, 9.17) is 0 Å². The Labute approximate surface area is 129 Å². The van der Waals surface area contributed by atoms with Gasteiger partial charge >= 0.3 is 0 Å². The van der Waals surface area contributed by atoms with E-state index >= 15 is 0 Å². The van der Waals surface area contributed by atoms with Crippen molar-refractivity contribution in [3.63, 3.8) is 0 Å². The average Bonchev–Trinajstić information content (AvgIpc) is 3.00. The molecule has 0 radical (unpaired) electrons. The molecule has 21 heavy (non-hydrogen) atoms. The third-order valence-electron chi connectivity index (χ3n) is 4.03. The fraction of sp³-hybridized carbons (Fsp3) is 0.500. The van der Waals surface area contributed by atoms with Crippen LogP contribution in [0.25, 0.3) is 0 Å². The highest BCUT2D eigenvalue weighted by molar-refractivity contribution is 7.14. The van der Waals surface area contributed by atoms with Gasteiger partial charge in [-0.05, 0) is 37.3 Å². The molecule has 0 saturated carbocycles. The van der Waals surface area contributed by atoms with E-state index in [1.165, 1.54) is 29.7 Å². The SMILES string of the molecule is Cn1ccnc1CCNC(=O)c1cc2c(s1)CCCCC2. The lowest BCUT2D eigenvalue weighted by atomic mass is 10.1. The second-order valence-electron chi connectivity index (χ2n) is 5.58. The van der Waals surface area contributed by atoms with Crippen molar-refractivity contribution in [3.8, 4) is 0 Å². The molecule has 0 unspecified atom stereocenters. The summed E-state index contributed by atoms with van der Waals surface area (Å²) in [5.41, 5.74) is 1.40. The van der Waals surface area contributed by atoms with Crippen molar-refractivity contribution in [1.82, 2.24) is 14.9 Å². The van der Waals surface area contributed by atoms with E-state index in [0.29, 0.717) is 6.54 Å². The van der Waals surface area contributed by atoms with E-state index in [2.05, 4.69) is 16.4 Å². The van der Waals surface area contributed by atoms with Gasteiger partial charge in [-0.2, -0.15) is 0 Å². The Morgan fingerprint density at radius 1 is 1.38 bits per heavy atom. The molecule has 0 atom stereocenters. The van der Waals surface area contributed by atoms with Crippen molar-refractivity contribution in [2.75, 3.05) is 6.54 Å². The van der Waals surface area contributed by atoms with Crippen molar-refractivity contribution < 1.29 is 4.79 Å². The molecule has 0 fully saturated rings. The predicted molar refractivity (Wildman–Crippen MR) is 84.8 cm³/mol. The van der Waals surface area contributed by atoms with Gasteiger partial charge in [0.25, 0.3) is 5.91 Å². The molecule has 112 valence electrons. The van der Waals surface area contributed by atoms with Crippen LogP contribution in [0.1, 0.15) is 45.2 Å². The fourth-order valence-corrected chi connectivity index (χ4v) is 3.96. The summed E-state index contributed by atoms with van der Waals surface area (Å²) in [5.74, 6) is 1.06. The van der Waals surface area contributed by atoms with Gasteiger partial charge in [0.1, 0.15) is 5.82 Å².